The van der Waals surface area contributed by atoms with Crippen LogP contribution < -0.4 is 5.32 Å². The fourth-order valence-corrected chi connectivity index (χ4v) is 3.75. The van der Waals surface area contributed by atoms with Gasteiger partial charge in [0.05, 0.1) is 17.7 Å². The molecule has 1 fully saturated rings. The number of hydrogen-bond acceptors (Lipinski definition) is 4. The first-order valence-corrected chi connectivity index (χ1v) is 9.56. The number of amides is 3. The molecule has 0 aromatic heterocycles. The van der Waals surface area contributed by atoms with E-state index in [-0.39, 0.29) is 30.3 Å². The maximum absolute atomic E-state index is 12.5. The smallest absolute Gasteiger partial charge is 0.261 e. The van der Waals surface area contributed by atoms with Crippen LogP contribution in [-0.2, 0) is 6.54 Å². The van der Waals surface area contributed by atoms with Crippen molar-refractivity contribution in [3.05, 3.63) is 70.8 Å². The zero-order valence-corrected chi connectivity index (χ0v) is 15.9. The van der Waals surface area contributed by atoms with Crippen LogP contribution in [-0.4, -0.2) is 53.7 Å². The van der Waals surface area contributed by atoms with Gasteiger partial charge in [-0.05, 0) is 62.8 Å². The SMILES string of the molecule is CN1CCC(NC(=O)c2ccc(CN3C(=O)c4ccccc4C3=O)cc2)CC1. The lowest BCUT2D eigenvalue weighted by Gasteiger charge is -2.29. The van der Waals surface area contributed by atoms with Crippen LogP contribution in [0, 0.1) is 0 Å². The van der Waals surface area contributed by atoms with Crippen LogP contribution in [0.1, 0.15) is 49.5 Å². The van der Waals surface area contributed by atoms with E-state index < -0.39 is 0 Å². The molecule has 0 atom stereocenters. The topological polar surface area (TPSA) is 69.7 Å². The number of nitrogens with zero attached hydrogens (tertiary/aromatic N) is 2. The van der Waals surface area contributed by atoms with Crippen molar-refractivity contribution in [2.24, 2.45) is 0 Å². The summed E-state index contributed by atoms with van der Waals surface area (Å²) in [5.74, 6) is -0.629. The summed E-state index contributed by atoms with van der Waals surface area (Å²) >= 11 is 0. The molecule has 0 aliphatic carbocycles. The summed E-state index contributed by atoms with van der Waals surface area (Å²) in [6, 6.07) is 14.2. The zero-order valence-electron chi connectivity index (χ0n) is 15.9. The van der Waals surface area contributed by atoms with Crippen molar-refractivity contribution in [3.8, 4) is 0 Å². The Morgan fingerprint density at radius 2 is 1.54 bits per heavy atom. The van der Waals surface area contributed by atoms with Gasteiger partial charge in [-0.2, -0.15) is 0 Å². The molecule has 2 aliphatic heterocycles. The number of hydrogen-bond donors (Lipinski definition) is 1. The van der Waals surface area contributed by atoms with E-state index in [4.69, 9.17) is 0 Å². The van der Waals surface area contributed by atoms with E-state index in [0.29, 0.717) is 16.7 Å². The largest absolute Gasteiger partial charge is 0.349 e. The minimum atomic E-state index is -0.273. The molecule has 2 aromatic carbocycles. The summed E-state index contributed by atoms with van der Waals surface area (Å²) in [6.45, 7) is 2.18. The number of likely N-dealkylation sites (tertiary alicyclic amines) is 1. The summed E-state index contributed by atoms with van der Waals surface area (Å²) in [6.07, 6.45) is 1.92. The van der Waals surface area contributed by atoms with E-state index in [1.54, 1.807) is 48.5 Å². The third-order valence-corrected chi connectivity index (χ3v) is 5.49. The molecule has 2 aromatic rings. The third kappa shape index (κ3) is 3.55. The highest BCUT2D eigenvalue weighted by Gasteiger charge is 2.34. The van der Waals surface area contributed by atoms with Gasteiger partial charge in [-0.1, -0.05) is 24.3 Å². The van der Waals surface area contributed by atoms with Crippen molar-refractivity contribution >= 4 is 17.7 Å². The third-order valence-electron chi connectivity index (χ3n) is 5.49. The summed E-state index contributed by atoms with van der Waals surface area (Å²) in [4.78, 5) is 40.9. The predicted octanol–water partition coefficient (Wildman–Crippen LogP) is 2.31. The number of rotatable bonds is 4. The van der Waals surface area contributed by atoms with Crippen molar-refractivity contribution in [3.63, 3.8) is 0 Å². The van der Waals surface area contributed by atoms with E-state index >= 15 is 0 Å². The maximum Gasteiger partial charge on any atom is 0.261 e. The Morgan fingerprint density at radius 3 is 2.11 bits per heavy atom. The number of imide groups is 1. The summed E-state index contributed by atoms with van der Waals surface area (Å²) in [7, 11) is 2.09. The van der Waals surface area contributed by atoms with E-state index in [9.17, 15) is 14.4 Å². The molecule has 28 heavy (non-hydrogen) atoms. The van der Waals surface area contributed by atoms with Crippen molar-refractivity contribution in [2.45, 2.75) is 25.4 Å². The standard InChI is InChI=1S/C22H23N3O3/c1-24-12-10-17(11-13-24)23-20(26)16-8-6-15(7-9-16)14-25-21(27)18-4-2-3-5-19(18)22(25)28/h2-9,17H,10-14H2,1H3,(H,23,26). The molecule has 2 heterocycles. The summed E-state index contributed by atoms with van der Waals surface area (Å²) in [5.41, 5.74) is 2.29. The van der Waals surface area contributed by atoms with E-state index in [0.717, 1.165) is 31.5 Å². The average Bonchev–Trinajstić information content (AvgIpc) is 2.95. The van der Waals surface area contributed by atoms with Gasteiger partial charge in [0, 0.05) is 11.6 Å². The number of piperidine rings is 1. The number of carbonyl (C=O) groups is 3. The first-order valence-electron chi connectivity index (χ1n) is 9.56. The molecule has 144 valence electrons. The molecule has 6 heteroatoms. The maximum atomic E-state index is 12.5. The normalized spacial score (nSPS) is 17.7. The molecular weight excluding hydrogens is 354 g/mol. The number of benzene rings is 2. The fraction of sp³-hybridized carbons (Fsp3) is 0.318. The zero-order chi connectivity index (χ0) is 19.7. The summed E-state index contributed by atoms with van der Waals surface area (Å²) in [5, 5.41) is 3.09. The number of fused-ring (bicyclic) bond motifs is 1. The molecule has 0 radical (unpaired) electrons. The molecular formula is C22H23N3O3. The van der Waals surface area contributed by atoms with Crippen molar-refractivity contribution < 1.29 is 14.4 Å². The van der Waals surface area contributed by atoms with Crippen molar-refractivity contribution in [2.75, 3.05) is 20.1 Å². The van der Waals surface area contributed by atoms with Gasteiger partial charge >= 0.3 is 0 Å². The van der Waals surface area contributed by atoms with Gasteiger partial charge in [0.15, 0.2) is 0 Å². The Morgan fingerprint density at radius 1 is 0.964 bits per heavy atom. The molecule has 2 aliphatic rings. The Labute approximate surface area is 164 Å². The molecule has 0 spiro atoms. The first kappa shape index (κ1) is 18.4. The van der Waals surface area contributed by atoms with Crippen LogP contribution in [0.5, 0.6) is 0 Å². The van der Waals surface area contributed by atoms with Gasteiger partial charge in [0.25, 0.3) is 17.7 Å². The van der Waals surface area contributed by atoms with Gasteiger partial charge in [-0.3, -0.25) is 19.3 Å². The second kappa shape index (κ2) is 7.56. The lowest BCUT2D eigenvalue weighted by Crippen LogP contribution is -2.43. The van der Waals surface area contributed by atoms with Gasteiger partial charge in [0.2, 0.25) is 0 Å². The van der Waals surface area contributed by atoms with Crippen molar-refractivity contribution in [1.29, 1.82) is 0 Å². The van der Waals surface area contributed by atoms with E-state index in [1.807, 2.05) is 0 Å². The minimum Gasteiger partial charge on any atom is -0.349 e. The average molecular weight is 377 g/mol. The van der Waals surface area contributed by atoms with E-state index in [2.05, 4.69) is 17.3 Å². The fourth-order valence-electron chi connectivity index (χ4n) is 3.75. The molecule has 0 bridgehead atoms. The highest BCUT2D eigenvalue weighted by Crippen LogP contribution is 2.24. The van der Waals surface area contributed by atoms with Crippen LogP contribution in [0.4, 0.5) is 0 Å². The Kier molecular flexibility index (Phi) is 4.96. The van der Waals surface area contributed by atoms with Crippen molar-refractivity contribution in [1.82, 2.24) is 15.1 Å². The Bertz CT molecular complexity index is 880. The lowest BCUT2D eigenvalue weighted by atomic mass is 10.0. The highest BCUT2D eigenvalue weighted by atomic mass is 16.2. The van der Waals surface area contributed by atoms with Crippen LogP contribution >= 0.6 is 0 Å². The van der Waals surface area contributed by atoms with E-state index in [1.165, 1.54) is 4.90 Å². The number of carbonyl (C=O) groups excluding carboxylic acids is 3. The number of nitrogens with one attached hydrogen (secondary N) is 1. The van der Waals surface area contributed by atoms with Gasteiger partial charge in [-0.25, -0.2) is 0 Å². The first-order chi connectivity index (χ1) is 13.5. The molecule has 3 amide bonds. The molecule has 0 saturated carbocycles. The van der Waals surface area contributed by atoms with Crippen LogP contribution in [0.15, 0.2) is 48.5 Å². The quantitative estimate of drug-likeness (QED) is 0.830. The minimum absolute atomic E-state index is 0.0816. The molecule has 6 nitrogen and oxygen atoms in total. The Hall–Kier alpha value is -2.99. The second-order valence-corrected chi connectivity index (χ2v) is 7.49. The van der Waals surface area contributed by atoms with Crippen LogP contribution in [0.25, 0.3) is 0 Å². The molecule has 1 saturated heterocycles. The van der Waals surface area contributed by atoms with Gasteiger partial charge in [0.1, 0.15) is 0 Å². The van der Waals surface area contributed by atoms with Gasteiger partial charge < -0.3 is 10.2 Å². The molecule has 0 unspecified atom stereocenters. The van der Waals surface area contributed by atoms with Gasteiger partial charge in [-0.15, -0.1) is 0 Å². The lowest BCUT2D eigenvalue weighted by molar-refractivity contribution is 0.0641. The molecule has 4 rings (SSSR count). The predicted molar refractivity (Wildman–Crippen MR) is 105 cm³/mol. The molecule has 1 N–H and O–H groups in total. The second-order valence-electron chi connectivity index (χ2n) is 7.49. The highest BCUT2D eigenvalue weighted by molar-refractivity contribution is 6.21. The van der Waals surface area contributed by atoms with Crippen LogP contribution in [0.2, 0.25) is 0 Å². The Balaban J connectivity index is 1.39. The summed E-state index contributed by atoms with van der Waals surface area (Å²) < 4.78 is 0. The monoisotopic (exact) mass is 377 g/mol. The van der Waals surface area contributed by atoms with Crippen LogP contribution in [0.3, 0.4) is 0 Å².